The number of benzene rings is 2. The molecule has 1 aliphatic heterocycles. The van der Waals surface area contributed by atoms with Gasteiger partial charge >= 0.3 is 0 Å². The standard InChI is InChI=1S/C22H23ClN2OS/c1-15-5-3-6-16(2)21(15)24-22-25(13-19-7-4-12-26-19)20(14-27-22)17-8-10-18(23)11-9-17/h3,5-6,8-11,14,19H,4,7,12-13H2,1-2H3. The lowest BCUT2D eigenvalue weighted by atomic mass is 10.1. The van der Waals surface area contributed by atoms with Crippen LogP contribution in [-0.2, 0) is 11.3 Å². The summed E-state index contributed by atoms with van der Waals surface area (Å²) in [5.41, 5.74) is 5.76. The molecule has 3 aromatic rings. The van der Waals surface area contributed by atoms with Crippen LogP contribution in [0.2, 0.25) is 5.02 Å². The maximum atomic E-state index is 6.08. The summed E-state index contributed by atoms with van der Waals surface area (Å²) in [5.74, 6) is 0. The van der Waals surface area contributed by atoms with E-state index in [1.165, 1.54) is 11.1 Å². The summed E-state index contributed by atoms with van der Waals surface area (Å²) in [6.07, 6.45) is 2.49. The molecule has 0 amide bonds. The molecule has 4 rings (SSSR count). The van der Waals surface area contributed by atoms with Crippen molar-refractivity contribution < 1.29 is 4.74 Å². The molecule has 27 heavy (non-hydrogen) atoms. The van der Waals surface area contributed by atoms with E-state index in [1.807, 2.05) is 12.1 Å². The van der Waals surface area contributed by atoms with Gasteiger partial charge in [0.05, 0.1) is 24.0 Å². The van der Waals surface area contributed by atoms with Crippen LogP contribution in [0, 0.1) is 13.8 Å². The van der Waals surface area contributed by atoms with E-state index in [0.717, 1.165) is 52.8 Å². The highest BCUT2D eigenvalue weighted by Crippen LogP contribution is 2.26. The first-order valence-electron chi connectivity index (χ1n) is 9.28. The van der Waals surface area contributed by atoms with Crippen LogP contribution in [-0.4, -0.2) is 17.3 Å². The topological polar surface area (TPSA) is 26.5 Å². The van der Waals surface area contributed by atoms with Gasteiger partial charge in [0.2, 0.25) is 0 Å². The molecule has 1 atom stereocenters. The molecule has 0 aliphatic carbocycles. The van der Waals surface area contributed by atoms with Gasteiger partial charge in [0.15, 0.2) is 4.80 Å². The molecule has 1 aromatic heterocycles. The molecule has 2 aromatic carbocycles. The molecule has 0 radical (unpaired) electrons. The van der Waals surface area contributed by atoms with Crippen LogP contribution in [0.25, 0.3) is 11.3 Å². The van der Waals surface area contributed by atoms with Crippen molar-refractivity contribution in [2.24, 2.45) is 4.99 Å². The zero-order valence-electron chi connectivity index (χ0n) is 15.6. The van der Waals surface area contributed by atoms with Crippen molar-refractivity contribution in [1.29, 1.82) is 0 Å². The second-order valence-electron chi connectivity index (χ2n) is 7.01. The first kappa shape index (κ1) is 18.5. The number of aryl methyl sites for hydroxylation is 2. The van der Waals surface area contributed by atoms with Crippen LogP contribution in [0.3, 0.4) is 0 Å². The fourth-order valence-corrected chi connectivity index (χ4v) is 4.57. The van der Waals surface area contributed by atoms with Gasteiger partial charge in [-0.05, 0) is 55.5 Å². The van der Waals surface area contributed by atoms with Crippen LogP contribution in [0.4, 0.5) is 5.69 Å². The van der Waals surface area contributed by atoms with Gasteiger partial charge in [-0.2, -0.15) is 0 Å². The summed E-state index contributed by atoms with van der Waals surface area (Å²) in [5, 5.41) is 2.94. The summed E-state index contributed by atoms with van der Waals surface area (Å²) < 4.78 is 8.21. The normalized spacial score (nSPS) is 17.6. The van der Waals surface area contributed by atoms with Crippen molar-refractivity contribution in [3.63, 3.8) is 0 Å². The predicted molar refractivity (Wildman–Crippen MR) is 113 cm³/mol. The molecule has 2 heterocycles. The third kappa shape index (κ3) is 4.03. The highest BCUT2D eigenvalue weighted by Gasteiger charge is 2.19. The summed E-state index contributed by atoms with van der Waals surface area (Å²) >= 11 is 7.76. The van der Waals surface area contributed by atoms with Gasteiger partial charge in [-0.25, -0.2) is 4.99 Å². The first-order valence-corrected chi connectivity index (χ1v) is 10.5. The minimum atomic E-state index is 0.252. The Morgan fingerprint density at radius 1 is 1.15 bits per heavy atom. The van der Waals surface area contributed by atoms with E-state index >= 15 is 0 Å². The molecule has 0 saturated carbocycles. The largest absolute Gasteiger partial charge is 0.376 e. The number of thiazole rings is 1. The van der Waals surface area contributed by atoms with Gasteiger partial charge in [0.25, 0.3) is 0 Å². The highest BCUT2D eigenvalue weighted by atomic mass is 35.5. The van der Waals surface area contributed by atoms with Crippen molar-refractivity contribution in [1.82, 2.24) is 4.57 Å². The van der Waals surface area contributed by atoms with Crippen LogP contribution in [0.1, 0.15) is 24.0 Å². The lowest BCUT2D eigenvalue weighted by Crippen LogP contribution is -2.24. The molecule has 0 N–H and O–H groups in total. The molecule has 5 heteroatoms. The fraction of sp³-hybridized carbons (Fsp3) is 0.318. The maximum absolute atomic E-state index is 6.08. The Hall–Kier alpha value is -1.88. The molecule has 3 nitrogen and oxygen atoms in total. The van der Waals surface area contributed by atoms with E-state index in [1.54, 1.807) is 11.3 Å². The van der Waals surface area contributed by atoms with Crippen LogP contribution < -0.4 is 4.80 Å². The maximum Gasteiger partial charge on any atom is 0.190 e. The number of ether oxygens (including phenoxy) is 1. The van der Waals surface area contributed by atoms with Crippen LogP contribution >= 0.6 is 22.9 Å². The number of hydrogen-bond acceptors (Lipinski definition) is 3. The molecule has 1 unspecified atom stereocenters. The Balaban J connectivity index is 1.83. The average molecular weight is 399 g/mol. The van der Waals surface area contributed by atoms with E-state index in [9.17, 15) is 0 Å². The third-order valence-corrected chi connectivity index (χ3v) is 6.11. The van der Waals surface area contributed by atoms with Gasteiger partial charge in [-0.15, -0.1) is 11.3 Å². The van der Waals surface area contributed by atoms with E-state index in [0.29, 0.717) is 0 Å². The minimum Gasteiger partial charge on any atom is -0.376 e. The molecule has 1 fully saturated rings. The average Bonchev–Trinajstić information content (AvgIpc) is 3.30. The molecular weight excluding hydrogens is 376 g/mol. The third-order valence-electron chi connectivity index (χ3n) is 4.99. The molecular formula is C22H23ClN2OS. The molecule has 140 valence electrons. The van der Waals surface area contributed by atoms with Crippen molar-refractivity contribution in [3.05, 3.63) is 68.8 Å². The van der Waals surface area contributed by atoms with E-state index in [2.05, 4.69) is 54.1 Å². The number of rotatable bonds is 4. The summed E-state index contributed by atoms with van der Waals surface area (Å²) in [4.78, 5) is 6.05. The predicted octanol–water partition coefficient (Wildman–Crippen LogP) is 5.90. The van der Waals surface area contributed by atoms with Crippen molar-refractivity contribution in [2.45, 2.75) is 39.3 Å². The number of para-hydroxylation sites is 1. The summed E-state index contributed by atoms with van der Waals surface area (Å²) in [7, 11) is 0. The van der Waals surface area contributed by atoms with Crippen molar-refractivity contribution in [3.8, 4) is 11.3 Å². The quantitative estimate of drug-likeness (QED) is 0.537. The first-order chi connectivity index (χ1) is 13.1. The van der Waals surface area contributed by atoms with Crippen LogP contribution in [0.5, 0.6) is 0 Å². The Morgan fingerprint density at radius 2 is 1.89 bits per heavy atom. The number of halogens is 1. The van der Waals surface area contributed by atoms with E-state index in [-0.39, 0.29) is 6.10 Å². The zero-order chi connectivity index (χ0) is 18.8. The second-order valence-corrected chi connectivity index (χ2v) is 8.28. The SMILES string of the molecule is Cc1cccc(C)c1N=c1scc(-c2ccc(Cl)cc2)n1CC1CCCO1. The second kappa shape index (κ2) is 8.01. The van der Waals surface area contributed by atoms with Crippen molar-refractivity contribution in [2.75, 3.05) is 6.61 Å². The molecule has 0 bridgehead atoms. The van der Waals surface area contributed by atoms with Gasteiger partial charge in [0.1, 0.15) is 0 Å². The summed E-state index contributed by atoms with van der Waals surface area (Å²) in [6, 6.07) is 14.3. The Kier molecular flexibility index (Phi) is 5.48. The Bertz CT molecular complexity index is 978. The fourth-order valence-electron chi connectivity index (χ4n) is 3.52. The number of nitrogens with zero attached hydrogens (tertiary/aromatic N) is 2. The molecule has 0 spiro atoms. The lowest BCUT2D eigenvalue weighted by molar-refractivity contribution is 0.0968. The van der Waals surface area contributed by atoms with Gasteiger partial charge < -0.3 is 9.30 Å². The smallest absolute Gasteiger partial charge is 0.190 e. The van der Waals surface area contributed by atoms with E-state index < -0.39 is 0 Å². The van der Waals surface area contributed by atoms with Gasteiger partial charge in [-0.1, -0.05) is 41.9 Å². The van der Waals surface area contributed by atoms with Gasteiger partial charge in [-0.3, -0.25) is 0 Å². The monoisotopic (exact) mass is 398 g/mol. The zero-order valence-corrected chi connectivity index (χ0v) is 17.2. The minimum absolute atomic E-state index is 0.252. The Morgan fingerprint density at radius 3 is 2.56 bits per heavy atom. The highest BCUT2D eigenvalue weighted by molar-refractivity contribution is 7.07. The van der Waals surface area contributed by atoms with Crippen LogP contribution in [0.15, 0.2) is 52.8 Å². The molecule has 1 aliphatic rings. The van der Waals surface area contributed by atoms with Crippen molar-refractivity contribution >= 4 is 28.6 Å². The number of aromatic nitrogens is 1. The van der Waals surface area contributed by atoms with Gasteiger partial charge in [0, 0.05) is 17.0 Å². The summed E-state index contributed by atoms with van der Waals surface area (Å²) in [6.45, 7) is 5.91. The number of hydrogen-bond donors (Lipinski definition) is 0. The molecule has 1 saturated heterocycles. The lowest BCUT2D eigenvalue weighted by Gasteiger charge is -2.14. The van der Waals surface area contributed by atoms with E-state index in [4.69, 9.17) is 21.3 Å². The Labute approximate surface area is 168 Å².